The minimum atomic E-state index is -4.65. The molecule has 5 rings (SSSR count). The first kappa shape index (κ1) is 26.4. The van der Waals surface area contributed by atoms with Crippen LogP contribution in [0.4, 0.5) is 18.9 Å². The van der Waals surface area contributed by atoms with Crippen molar-refractivity contribution in [1.82, 2.24) is 4.90 Å². The minimum Gasteiger partial charge on any atom is -0.507 e. The Morgan fingerprint density at radius 3 is 2.42 bits per heavy atom. The number of aromatic hydroxyl groups is 1. The van der Waals surface area contributed by atoms with Crippen LogP contribution in [0, 0.1) is 11.8 Å². The number of likely N-dealkylation sites (tertiary alicyclic amines) is 1. The Morgan fingerprint density at radius 2 is 1.76 bits per heavy atom. The number of rotatable bonds is 7. The van der Waals surface area contributed by atoms with Gasteiger partial charge in [0.1, 0.15) is 5.75 Å². The van der Waals surface area contributed by atoms with E-state index in [4.69, 9.17) is 0 Å². The summed E-state index contributed by atoms with van der Waals surface area (Å²) in [7, 11) is 0. The van der Waals surface area contributed by atoms with Crippen molar-refractivity contribution in [1.29, 1.82) is 0 Å². The van der Waals surface area contributed by atoms with Crippen molar-refractivity contribution < 1.29 is 23.1 Å². The predicted octanol–water partition coefficient (Wildman–Crippen LogP) is 7.65. The fourth-order valence-electron chi connectivity index (χ4n) is 5.85. The molecule has 2 heterocycles. The standard InChI is InChI=1S/C31H35F3N2O2/c1-3-4-19(2)15-20-11-13-36(14-12-20)29-24-16-22(23-8-10-28(37)26(17-23)31(32,33)34)7-9-27(24)35-18-25(29)30(38)21-5-6-21/h4,7-10,16-17,20-21,35,37H,3,5-6,11-15,18H2,1-2H3/b19-4-. The lowest BCUT2D eigenvalue weighted by Gasteiger charge is -2.39. The van der Waals surface area contributed by atoms with Gasteiger partial charge in [0.2, 0.25) is 0 Å². The number of halogens is 3. The van der Waals surface area contributed by atoms with E-state index in [0.29, 0.717) is 23.6 Å². The van der Waals surface area contributed by atoms with Gasteiger partial charge in [-0.15, -0.1) is 0 Å². The topological polar surface area (TPSA) is 52.6 Å². The second kappa shape index (κ2) is 10.5. The van der Waals surface area contributed by atoms with Crippen molar-refractivity contribution >= 4 is 17.2 Å². The van der Waals surface area contributed by atoms with Gasteiger partial charge in [-0.25, -0.2) is 0 Å². The lowest BCUT2D eigenvalue weighted by atomic mass is 9.87. The largest absolute Gasteiger partial charge is 0.507 e. The number of nitrogens with one attached hydrogen (secondary N) is 1. The van der Waals surface area contributed by atoms with Crippen molar-refractivity contribution in [2.24, 2.45) is 11.8 Å². The molecule has 4 nitrogen and oxygen atoms in total. The van der Waals surface area contributed by atoms with E-state index in [-0.39, 0.29) is 11.7 Å². The molecule has 0 atom stereocenters. The SMILES string of the molecule is CC/C=C(/C)CC1CCN(C2=C(C(=O)C3CC3)CNc3ccc(-c4ccc(O)c(C(F)(F)F)c4)cc32)CC1. The predicted molar refractivity (Wildman–Crippen MR) is 145 cm³/mol. The van der Waals surface area contributed by atoms with Crippen LogP contribution < -0.4 is 5.32 Å². The molecule has 1 saturated carbocycles. The van der Waals surface area contributed by atoms with Crippen LogP contribution in [-0.4, -0.2) is 35.4 Å². The molecule has 38 heavy (non-hydrogen) atoms. The molecule has 2 aromatic carbocycles. The molecule has 2 N–H and O–H groups in total. The van der Waals surface area contributed by atoms with Crippen LogP contribution in [0.3, 0.4) is 0 Å². The summed E-state index contributed by atoms with van der Waals surface area (Å²) >= 11 is 0. The summed E-state index contributed by atoms with van der Waals surface area (Å²) in [5.41, 5.74) is 4.83. The van der Waals surface area contributed by atoms with E-state index in [9.17, 15) is 23.1 Å². The van der Waals surface area contributed by atoms with E-state index >= 15 is 0 Å². The van der Waals surface area contributed by atoms with Crippen molar-refractivity contribution in [2.45, 2.75) is 58.5 Å². The summed E-state index contributed by atoms with van der Waals surface area (Å²) in [6, 6.07) is 9.15. The minimum absolute atomic E-state index is 0.0809. The highest BCUT2D eigenvalue weighted by molar-refractivity contribution is 6.07. The molecule has 2 aliphatic heterocycles. The van der Waals surface area contributed by atoms with Crippen LogP contribution >= 0.6 is 0 Å². The number of Topliss-reactive ketones (excluding diaryl/α,β-unsaturated/α-hetero) is 1. The number of allylic oxidation sites excluding steroid dienone is 2. The number of alkyl halides is 3. The van der Waals surface area contributed by atoms with Crippen LogP contribution in [0.5, 0.6) is 5.75 Å². The summed E-state index contributed by atoms with van der Waals surface area (Å²) in [5.74, 6) is 0.0990. The molecular formula is C31H35F3N2O2. The highest BCUT2D eigenvalue weighted by Crippen LogP contribution is 2.43. The first-order valence-electron chi connectivity index (χ1n) is 13.6. The third-order valence-electron chi connectivity index (χ3n) is 7.99. The van der Waals surface area contributed by atoms with Gasteiger partial charge in [0, 0.05) is 42.4 Å². The monoisotopic (exact) mass is 524 g/mol. The Balaban J connectivity index is 1.50. The molecule has 0 amide bonds. The number of phenols is 1. The molecule has 1 aliphatic carbocycles. The highest BCUT2D eigenvalue weighted by atomic mass is 19.4. The van der Waals surface area contributed by atoms with Gasteiger partial charge in [-0.1, -0.05) is 30.7 Å². The number of carbonyl (C=O) groups is 1. The number of benzene rings is 2. The molecule has 2 aromatic rings. The van der Waals surface area contributed by atoms with E-state index in [1.165, 1.54) is 11.6 Å². The van der Waals surface area contributed by atoms with E-state index in [1.54, 1.807) is 6.07 Å². The van der Waals surface area contributed by atoms with Gasteiger partial charge in [-0.05, 0) is 86.8 Å². The van der Waals surface area contributed by atoms with Crippen LogP contribution in [-0.2, 0) is 11.0 Å². The molecule has 202 valence electrons. The zero-order valence-electron chi connectivity index (χ0n) is 22.0. The summed E-state index contributed by atoms with van der Waals surface area (Å²) in [6.45, 7) is 6.52. The number of anilines is 1. The molecule has 2 fully saturated rings. The number of hydrogen-bond acceptors (Lipinski definition) is 4. The van der Waals surface area contributed by atoms with Gasteiger partial charge in [0.15, 0.2) is 5.78 Å². The fourth-order valence-corrected chi connectivity index (χ4v) is 5.85. The quantitative estimate of drug-likeness (QED) is 0.365. The molecule has 3 aliphatic rings. The summed E-state index contributed by atoms with van der Waals surface area (Å²) in [5, 5.41) is 13.2. The van der Waals surface area contributed by atoms with Gasteiger partial charge >= 0.3 is 6.18 Å². The van der Waals surface area contributed by atoms with Crippen LogP contribution in [0.1, 0.15) is 63.5 Å². The average Bonchev–Trinajstić information content (AvgIpc) is 3.73. The number of piperidine rings is 1. The fraction of sp³-hybridized carbons (Fsp3) is 0.452. The van der Waals surface area contributed by atoms with Gasteiger partial charge in [0.25, 0.3) is 0 Å². The molecule has 0 aromatic heterocycles. The number of ketones is 1. The number of carbonyl (C=O) groups excluding carboxylic acids is 1. The molecule has 0 spiro atoms. The van der Waals surface area contributed by atoms with Crippen molar-refractivity contribution in [3.8, 4) is 16.9 Å². The molecule has 7 heteroatoms. The van der Waals surface area contributed by atoms with E-state index < -0.39 is 17.5 Å². The molecule has 1 saturated heterocycles. The van der Waals surface area contributed by atoms with Gasteiger partial charge < -0.3 is 15.3 Å². The Labute approximate surface area is 222 Å². The van der Waals surface area contributed by atoms with E-state index in [0.717, 1.165) is 86.3 Å². The number of nitrogens with zero attached hydrogens (tertiary/aromatic N) is 1. The third-order valence-corrected chi connectivity index (χ3v) is 7.99. The van der Waals surface area contributed by atoms with Gasteiger partial charge in [-0.3, -0.25) is 4.79 Å². The number of hydrogen-bond donors (Lipinski definition) is 2. The Morgan fingerprint density at radius 1 is 1.08 bits per heavy atom. The van der Waals surface area contributed by atoms with Gasteiger partial charge in [0.05, 0.1) is 11.3 Å². The van der Waals surface area contributed by atoms with E-state index in [2.05, 4.69) is 30.1 Å². The Hall–Kier alpha value is -3.22. The first-order valence-corrected chi connectivity index (χ1v) is 13.6. The lowest BCUT2D eigenvalue weighted by Crippen LogP contribution is -2.36. The molecule has 0 unspecified atom stereocenters. The lowest BCUT2D eigenvalue weighted by molar-refractivity contribution is -0.138. The van der Waals surface area contributed by atoms with Crippen LogP contribution in [0.2, 0.25) is 0 Å². The van der Waals surface area contributed by atoms with Crippen LogP contribution in [0.15, 0.2) is 53.6 Å². The zero-order chi connectivity index (χ0) is 27.0. The Kier molecular flexibility index (Phi) is 7.30. The summed E-state index contributed by atoms with van der Waals surface area (Å²) in [6.07, 6.45) is 3.69. The first-order chi connectivity index (χ1) is 18.2. The second-order valence-electron chi connectivity index (χ2n) is 10.9. The van der Waals surface area contributed by atoms with Crippen molar-refractivity contribution in [3.63, 3.8) is 0 Å². The van der Waals surface area contributed by atoms with Crippen molar-refractivity contribution in [2.75, 3.05) is 25.0 Å². The summed E-state index contributed by atoms with van der Waals surface area (Å²) < 4.78 is 40.4. The van der Waals surface area contributed by atoms with Crippen molar-refractivity contribution in [3.05, 3.63) is 64.7 Å². The maximum Gasteiger partial charge on any atom is 0.419 e. The normalized spacial score (nSPS) is 18.9. The maximum absolute atomic E-state index is 13.5. The molecule has 0 bridgehead atoms. The number of phenolic OH excluding ortho intramolecular Hbond substituents is 1. The van der Waals surface area contributed by atoms with Gasteiger partial charge in [-0.2, -0.15) is 13.2 Å². The maximum atomic E-state index is 13.5. The van der Waals surface area contributed by atoms with Crippen LogP contribution in [0.25, 0.3) is 16.8 Å². The number of fused-ring (bicyclic) bond motifs is 1. The average molecular weight is 525 g/mol. The highest BCUT2D eigenvalue weighted by Gasteiger charge is 2.37. The Bertz CT molecular complexity index is 1280. The molecule has 0 radical (unpaired) electrons. The third kappa shape index (κ3) is 5.47. The smallest absolute Gasteiger partial charge is 0.419 e. The molecular weight excluding hydrogens is 489 g/mol. The second-order valence-corrected chi connectivity index (χ2v) is 10.9. The summed E-state index contributed by atoms with van der Waals surface area (Å²) in [4.78, 5) is 15.7. The van der Waals surface area contributed by atoms with E-state index in [1.807, 2.05) is 12.1 Å². The zero-order valence-corrected chi connectivity index (χ0v) is 22.0.